The van der Waals surface area contributed by atoms with Gasteiger partial charge in [0.25, 0.3) is 16.8 Å². The van der Waals surface area contributed by atoms with Gasteiger partial charge in [-0.3, -0.25) is 10.1 Å². The summed E-state index contributed by atoms with van der Waals surface area (Å²) in [5.41, 5.74) is 1.42. The number of benzene rings is 1. The van der Waals surface area contributed by atoms with E-state index in [-0.39, 0.29) is 5.69 Å². The second kappa shape index (κ2) is 6.75. The van der Waals surface area contributed by atoms with Crippen LogP contribution in [0.3, 0.4) is 0 Å². The van der Waals surface area contributed by atoms with Crippen LogP contribution in [-0.4, -0.2) is 22.2 Å². The van der Waals surface area contributed by atoms with Gasteiger partial charge >= 0.3 is 0 Å². The van der Waals surface area contributed by atoms with Gasteiger partial charge in [-0.05, 0) is 19.1 Å². The number of nitro groups is 1. The second-order valence-corrected chi connectivity index (χ2v) is 5.73. The molecule has 0 unspecified atom stereocenters. The Labute approximate surface area is 141 Å². The van der Waals surface area contributed by atoms with Crippen LogP contribution in [0.1, 0.15) is 11.3 Å². The van der Waals surface area contributed by atoms with Gasteiger partial charge in [0.05, 0.1) is 23.9 Å². The van der Waals surface area contributed by atoms with E-state index in [9.17, 15) is 10.1 Å². The van der Waals surface area contributed by atoms with Crippen LogP contribution in [-0.2, 0) is 5.75 Å². The predicted molar refractivity (Wildman–Crippen MR) is 85.9 cm³/mol. The molecule has 0 spiro atoms. The highest BCUT2D eigenvalue weighted by Crippen LogP contribution is 2.32. The number of aryl methyl sites for hydroxylation is 1. The second-order valence-electron chi connectivity index (χ2n) is 4.81. The zero-order valence-electron chi connectivity index (χ0n) is 12.9. The van der Waals surface area contributed by atoms with E-state index in [4.69, 9.17) is 13.6 Å². The Kier molecular flexibility index (Phi) is 4.52. The van der Waals surface area contributed by atoms with Crippen LogP contribution in [0.4, 0.5) is 5.69 Å². The molecule has 9 heteroatoms. The summed E-state index contributed by atoms with van der Waals surface area (Å²) < 4.78 is 16.0. The molecule has 0 bridgehead atoms. The monoisotopic (exact) mass is 347 g/mol. The summed E-state index contributed by atoms with van der Waals surface area (Å²) >= 11 is 1.27. The summed E-state index contributed by atoms with van der Waals surface area (Å²) in [7, 11) is 1.52. The van der Waals surface area contributed by atoms with E-state index >= 15 is 0 Å². The zero-order chi connectivity index (χ0) is 17.1. The maximum Gasteiger partial charge on any atom is 0.277 e. The molecule has 0 atom stereocenters. The van der Waals surface area contributed by atoms with Gasteiger partial charge in [-0.15, -0.1) is 10.2 Å². The normalized spacial score (nSPS) is 10.8. The average Bonchev–Trinajstić information content (AvgIpc) is 3.21. The van der Waals surface area contributed by atoms with E-state index in [0.717, 1.165) is 5.56 Å². The van der Waals surface area contributed by atoms with Crippen molar-refractivity contribution in [2.45, 2.75) is 17.9 Å². The predicted octanol–water partition coefficient (Wildman–Crippen LogP) is 3.85. The van der Waals surface area contributed by atoms with Crippen LogP contribution in [0, 0.1) is 17.0 Å². The summed E-state index contributed by atoms with van der Waals surface area (Å²) in [6.07, 6.45) is 1.55. The molecule has 0 aliphatic heterocycles. The Balaban J connectivity index is 1.76. The number of thioether (sulfide) groups is 1. The van der Waals surface area contributed by atoms with Crippen LogP contribution in [0.25, 0.3) is 11.5 Å². The number of hydrogen-bond acceptors (Lipinski definition) is 8. The molecule has 0 amide bonds. The van der Waals surface area contributed by atoms with Crippen molar-refractivity contribution in [1.82, 2.24) is 10.2 Å². The first-order valence-electron chi connectivity index (χ1n) is 6.90. The molecule has 24 heavy (non-hydrogen) atoms. The fourth-order valence-electron chi connectivity index (χ4n) is 2.11. The number of aromatic nitrogens is 2. The van der Waals surface area contributed by atoms with Crippen molar-refractivity contribution >= 4 is 17.4 Å². The SMILES string of the molecule is COc1ccc([N+](=O)[O-])cc1CSc1nnc(-c2ccoc2C)o1. The summed E-state index contributed by atoms with van der Waals surface area (Å²) in [6.45, 7) is 1.81. The van der Waals surface area contributed by atoms with Crippen molar-refractivity contribution in [2.75, 3.05) is 7.11 Å². The molecule has 0 saturated carbocycles. The molecule has 2 aromatic heterocycles. The van der Waals surface area contributed by atoms with Gasteiger partial charge in [-0.1, -0.05) is 11.8 Å². The summed E-state index contributed by atoms with van der Waals surface area (Å²) in [5.74, 6) is 2.03. The molecule has 124 valence electrons. The lowest BCUT2D eigenvalue weighted by atomic mass is 10.2. The third kappa shape index (κ3) is 3.25. The lowest BCUT2D eigenvalue weighted by Gasteiger charge is -2.06. The Bertz CT molecular complexity index is 874. The van der Waals surface area contributed by atoms with Gasteiger partial charge in [0, 0.05) is 23.4 Å². The van der Waals surface area contributed by atoms with Crippen LogP contribution >= 0.6 is 11.8 Å². The first-order valence-corrected chi connectivity index (χ1v) is 7.89. The fourth-order valence-corrected chi connectivity index (χ4v) is 2.86. The largest absolute Gasteiger partial charge is 0.496 e. The Morgan fingerprint density at radius 1 is 1.33 bits per heavy atom. The third-order valence-electron chi connectivity index (χ3n) is 3.32. The van der Waals surface area contributed by atoms with Crippen molar-refractivity contribution in [2.24, 2.45) is 0 Å². The van der Waals surface area contributed by atoms with Crippen molar-refractivity contribution in [3.8, 4) is 17.2 Å². The minimum absolute atomic E-state index is 0.00615. The fraction of sp³-hybridized carbons (Fsp3) is 0.200. The van der Waals surface area contributed by atoms with E-state index in [0.29, 0.717) is 33.9 Å². The zero-order valence-corrected chi connectivity index (χ0v) is 13.7. The third-order valence-corrected chi connectivity index (χ3v) is 4.19. The summed E-state index contributed by atoms with van der Waals surface area (Å²) in [5, 5.41) is 19.2. The number of rotatable bonds is 6. The molecule has 2 heterocycles. The molecule has 8 nitrogen and oxygen atoms in total. The number of methoxy groups -OCH3 is 1. The van der Waals surface area contributed by atoms with Gasteiger partial charge in [0.15, 0.2) is 0 Å². The highest BCUT2D eigenvalue weighted by atomic mass is 32.2. The molecular formula is C15H13N3O5S. The quantitative estimate of drug-likeness (QED) is 0.376. The molecule has 3 aromatic rings. The first-order chi connectivity index (χ1) is 11.6. The minimum Gasteiger partial charge on any atom is -0.496 e. The number of non-ortho nitro benzene ring substituents is 1. The topological polar surface area (TPSA) is 104 Å². The molecule has 3 rings (SSSR count). The van der Waals surface area contributed by atoms with Gasteiger partial charge in [-0.25, -0.2) is 0 Å². The lowest BCUT2D eigenvalue weighted by Crippen LogP contribution is -1.94. The number of nitrogens with zero attached hydrogens (tertiary/aromatic N) is 3. The van der Waals surface area contributed by atoms with Gasteiger partial charge in [0.1, 0.15) is 11.5 Å². The minimum atomic E-state index is -0.444. The number of ether oxygens (including phenoxy) is 1. The number of furan rings is 1. The molecule has 0 radical (unpaired) electrons. The molecule has 1 aromatic carbocycles. The summed E-state index contributed by atoms with van der Waals surface area (Å²) in [4.78, 5) is 10.5. The van der Waals surface area contributed by atoms with Gasteiger partial charge < -0.3 is 13.6 Å². The van der Waals surface area contributed by atoms with Crippen LogP contribution in [0.5, 0.6) is 5.75 Å². The van der Waals surface area contributed by atoms with E-state index in [1.807, 2.05) is 0 Å². The smallest absolute Gasteiger partial charge is 0.277 e. The molecule has 0 saturated heterocycles. The molecule has 0 aliphatic carbocycles. The van der Waals surface area contributed by atoms with Gasteiger partial charge in [-0.2, -0.15) is 0 Å². The van der Waals surface area contributed by atoms with E-state index in [1.54, 1.807) is 25.3 Å². The van der Waals surface area contributed by atoms with E-state index in [2.05, 4.69) is 10.2 Å². The summed E-state index contributed by atoms with van der Waals surface area (Å²) in [6, 6.07) is 6.20. The highest BCUT2D eigenvalue weighted by Gasteiger charge is 2.16. The van der Waals surface area contributed by atoms with Crippen molar-refractivity contribution in [1.29, 1.82) is 0 Å². The van der Waals surface area contributed by atoms with Crippen LogP contribution in [0.15, 0.2) is 44.6 Å². The molecule has 0 aliphatic rings. The standard InChI is InChI=1S/C15H13N3O5S/c1-9-12(5-6-22-9)14-16-17-15(23-14)24-8-10-7-11(18(19)20)3-4-13(10)21-2/h3-7H,8H2,1-2H3. The average molecular weight is 347 g/mol. The molecule has 0 N–H and O–H groups in total. The number of nitro benzene ring substituents is 1. The lowest BCUT2D eigenvalue weighted by molar-refractivity contribution is -0.384. The van der Waals surface area contributed by atoms with Crippen LogP contribution < -0.4 is 4.74 Å². The van der Waals surface area contributed by atoms with E-state index < -0.39 is 4.92 Å². The van der Waals surface area contributed by atoms with E-state index in [1.165, 1.54) is 31.0 Å². The van der Waals surface area contributed by atoms with Crippen molar-refractivity contribution < 1.29 is 18.5 Å². The first kappa shape index (κ1) is 16.1. The molecule has 0 fully saturated rings. The Morgan fingerprint density at radius 2 is 2.17 bits per heavy atom. The van der Waals surface area contributed by atoms with Crippen molar-refractivity contribution in [3.05, 3.63) is 52.0 Å². The Morgan fingerprint density at radius 3 is 2.83 bits per heavy atom. The van der Waals surface area contributed by atoms with Crippen molar-refractivity contribution in [3.63, 3.8) is 0 Å². The van der Waals surface area contributed by atoms with Crippen LogP contribution in [0.2, 0.25) is 0 Å². The highest BCUT2D eigenvalue weighted by molar-refractivity contribution is 7.98. The maximum absolute atomic E-state index is 10.9. The van der Waals surface area contributed by atoms with Gasteiger partial charge in [0.2, 0.25) is 0 Å². The Hall–Kier alpha value is -2.81. The molecular weight excluding hydrogens is 334 g/mol. The number of hydrogen-bond donors (Lipinski definition) is 0. The maximum atomic E-state index is 10.9.